The van der Waals surface area contributed by atoms with Crippen molar-refractivity contribution in [3.05, 3.63) is 0 Å². The second-order valence-corrected chi connectivity index (χ2v) is 8.02. The quantitative estimate of drug-likeness (QED) is 0.143. The van der Waals surface area contributed by atoms with Gasteiger partial charge in [-0.05, 0) is 19.3 Å². The SMILES string of the molecule is CCCCCCCCC(O)C(O)CCCCCCCC(=O)OC(Cl)C(O)CO. The van der Waals surface area contributed by atoms with Crippen LogP contribution in [0.5, 0.6) is 0 Å². The number of aliphatic hydroxyl groups is 4. The van der Waals surface area contributed by atoms with Crippen LogP contribution >= 0.6 is 11.6 Å². The summed E-state index contributed by atoms with van der Waals surface area (Å²) in [7, 11) is 0. The van der Waals surface area contributed by atoms with Crippen molar-refractivity contribution in [3.8, 4) is 0 Å². The molecule has 0 rings (SSSR count). The molecule has 4 unspecified atom stereocenters. The molecule has 0 saturated carbocycles. The van der Waals surface area contributed by atoms with E-state index in [1.54, 1.807) is 0 Å². The number of alkyl halides is 1. The van der Waals surface area contributed by atoms with Crippen LogP contribution in [-0.2, 0) is 9.53 Å². The van der Waals surface area contributed by atoms with Crippen LogP contribution in [0.1, 0.15) is 96.8 Å². The van der Waals surface area contributed by atoms with Gasteiger partial charge in [-0.3, -0.25) is 4.79 Å². The molecule has 0 fully saturated rings. The van der Waals surface area contributed by atoms with E-state index in [-0.39, 0.29) is 6.42 Å². The third-order valence-electron chi connectivity index (χ3n) is 4.91. The Morgan fingerprint density at radius 2 is 1.25 bits per heavy atom. The average molecular weight is 425 g/mol. The number of carbonyl (C=O) groups is 1. The summed E-state index contributed by atoms with van der Waals surface area (Å²) in [4.78, 5) is 11.5. The Hall–Kier alpha value is -0.400. The maximum Gasteiger partial charge on any atom is 0.307 e. The first-order valence-electron chi connectivity index (χ1n) is 10.9. The molecule has 0 aliphatic carbocycles. The van der Waals surface area contributed by atoms with Crippen LogP contribution in [-0.4, -0.2) is 56.9 Å². The molecule has 0 aliphatic heterocycles. The van der Waals surface area contributed by atoms with E-state index in [0.717, 1.165) is 38.5 Å². The molecule has 28 heavy (non-hydrogen) atoms. The lowest BCUT2D eigenvalue weighted by Crippen LogP contribution is -2.29. The van der Waals surface area contributed by atoms with Crippen LogP contribution in [0.2, 0.25) is 0 Å². The van der Waals surface area contributed by atoms with E-state index in [1.165, 1.54) is 25.7 Å². The number of halogens is 1. The highest BCUT2D eigenvalue weighted by Gasteiger charge is 2.19. The van der Waals surface area contributed by atoms with Gasteiger partial charge in [-0.25, -0.2) is 0 Å². The zero-order valence-corrected chi connectivity index (χ0v) is 18.2. The van der Waals surface area contributed by atoms with Gasteiger partial charge in [-0.1, -0.05) is 82.7 Å². The smallest absolute Gasteiger partial charge is 0.307 e. The fourth-order valence-electron chi connectivity index (χ4n) is 3.02. The van der Waals surface area contributed by atoms with Crippen molar-refractivity contribution in [3.63, 3.8) is 0 Å². The Morgan fingerprint density at radius 3 is 1.75 bits per heavy atom. The van der Waals surface area contributed by atoms with Crippen LogP contribution in [0.15, 0.2) is 0 Å². The van der Waals surface area contributed by atoms with Crippen molar-refractivity contribution < 1.29 is 30.0 Å². The topological polar surface area (TPSA) is 107 Å². The molecule has 0 spiro atoms. The van der Waals surface area contributed by atoms with Crippen LogP contribution in [0.4, 0.5) is 0 Å². The van der Waals surface area contributed by atoms with E-state index in [1.807, 2.05) is 0 Å². The number of esters is 1. The van der Waals surface area contributed by atoms with Crippen LogP contribution < -0.4 is 0 Å². The molecule has 0 aromatic carbocycles. The van der Waals surface area contributed by atoms with Gasteiger partial charge in [0, 0.05) is 6.42 Å². The summed E-state index contributed by atoms with van der Waals surface area (Å²) in [5, 5.41) is 38.0. The first-order valence-corrected chi connectivity index (χ1v) is 11.3. The van der Waals surface area contributed by atoms with E-state index in [9.17, 15) is 20.1 Å². The standard InChI is InChI=1S/C21H41ClO6/c1-2-3-4-5-7-10-13-17(24)18(25)14-11-8-6-9-12-15-20(27)28-21(22)19(26)16-23/h17-19,21,23-26H,2-16H2,1H3. The second kappa shape index (κ2) is 18.6. The van der Waals surface area contributed by atoms with Gasteiger partial charge in [0.15, 0.2) is 0 Å². The minimum Gasteiger partial charge on any atom is -0.443 e. The maximum absolute atomic E-state index is 11.5. The Labute approximate surface area is 175 Å². The van der Waals surface area contributed by atoms with Crippen molar-refractivity contribution in [2.24, 2.45) is 0 Å². The molecule has 0 saturated heterocycles. The van der Waals surface area contributed by atoms with Crippen molar-refractivity contribution >= 4 is 17.6 Å². The third kappa shape index (κ3) is 15.5. The van der Waals surface area contributed by atoms with E-state index < -0.39 is 36.5 Å². The number of unbranched alkanes of at least 4 members (excludes halogenated alkanes) is 9. The Bertz CT molecular complexity index is 369. The van der Waals surface area contributed by atoms with Crippen molar-refractivity contribution in [2.75, 3.05) is 6.61 Å². The number of rotatable bonds is 19. The van der Waals surface area contributed by atoms with Crippen molar-refractivity contribution in [2.45, 2.75) is 121 Å². The normalized spacial score (nSPS) is 15.8. The molecule has 0 radical (unpaired) electrons. The van der Waals surface area contributed by atoms with Crippen LogP contribution in [0.3, 0.4) is 0 Å². The van der Waals surface area contributed by atoms with Gasteiger partial charge in [0.1, 0.15) is 6.10 Å². The lowest BCUT2D eigenvalue weighted by molar-refractivity contribution is -0.150. The summed E-state index contributed by atoms with van der Waals surface area (Å²) in [5.41, 5.74) is -1.22. The average Bonchev–Trinajstić information content (AvgIpc) is 2.68. The van der Waals surface area contributed by atoms with Crippen molar-refractivity contribution in [1.29, 1.82) is 0 Å². The number of hydrogen-bond acceptors (Lipinski definition) is 6. The molecular formula is C21H41ClO6. The number of hydrogen-bond donors (Lipinski definition) is 4. The predicted molar refractivity (Wildman–Crippen MR) is 111 cm³/mol. The molecule has 7 heteroatoms. The fraction of sp³-hybridized carbons (Fsp3) is 0.952. The van der Waals surface area contributed by atoms with Crippen LogP contribution in [0, 0.1) is 0 Å². The molecule has 0 amide bonds. The summed E-state index contributed by atoms with van der Waals surface area (Å²) in [6, 6.07) is 0. The highest BCUT2D eigenvalue weighted by Crippen LogP contribution is 2.15. The minimum atomic E-state index is -1.27. The highest BCUT2D eigenvalue weighted by atomic mass is 35.5. The van der Waals surface area contributed by atoms with E-state index >= 15 is 0 Å². The van der Waals surface area contributed by atoms with Gasteiger partial charge in [0.2, 0.25) is 5.56 Å². The van der Waals surface area contributed by atoms with Gasteiger partial charge in [0.05, 0.1) is 18.8 Å². The second-order valence-electron chi connectivity index (χ2n) is 7.59. The summed E-state index contributed by atoms with van der Waals surface area (Å²) in [6.07, 6.45) is 10.3. The van der Waals surface area contributed by atoms with Crippen molar-refractivity contribution in [1.82, 2.24) is 0 Å². The summed E-state index contributed by atoms with van der Waals surface area (Å²) in [6.45, 7) is 1.64. The Morgan fingerprint density at radius 1 is 0.786 bits per heavy atom. The maximum atomic E-state index is 11.5. The summed E-state index contributed by atoms with van der Waals surface area (Å²) in [5.74, 6) is -0.485. The molecule has 4 atom stereocenters. The largest absolute Gasteiger partial charge is 0.443 e. The van der Waals surface area contributed by atoms with Gasteiger partial charge in [-0.15, -0.1) is 0 Å². The monoisotopic (exact) mass is 424 g/mol. The predicted octanol–water partition coefficient (Wildman–Crippen LogP) is 3.65. The van der Waals surface area contributed by atoms with E-state index in [4.69, 9.17) is 21.4 Å². The number of aliphatic hydroxyl groups excluding tert-OH is 4. The zero-order chi connectivity index (χ0) is 21.2. The Kier molecular flexibility index (Phi) is 18.4. The van der Waals surface area contributed by atoms with Gasteiger partial charge >= 0.3 is 5.97 Å². The van der Waals surface area contributed by atoms with Gasteiger partial charge < -0.3 is 25.2 Å². The molecule has 168 valence electrons. The lowest BCUT2D eigenvalue weighted by Gasteiger charge is -2.17. The van der Waals surface area contributed by atoms with E-state index in [0.29, 0.717) is 19.3 Å². The van der Waals surface area contributed by atoms with Gasteiger partial charge in [-0.2, -0.15) is 0 Å². The molecule has 0 aromatic rings. The minimum absolute atomic E-state index is 0.223. The summed E-state index contributed by atoms with van der Waals surface area (Å²) < 4.78 is 4.80. The molecule has 0 heterocycles. The zero-order valence-electron chi connectivity index (χ0n) is 17.4. The molecular weight excluding hydrogens is 384 g/mol. The summed E-state index contributed by atoms with van der Waals surface area (Å²) >= 11 is 5.63. The number of ether oxygens (including phenoxy) is 1. The van der Waals surface area contributed by atoms with E-state index in [2.05, 4.69) is 6.92 Å². The molecule has 6 nitrogen and oxygen atoms in total. The molecule has 4 N–H and O–H groups in total. The molecule has 0 bridgehead atoms. The third-order valence-corrected chi connectivity index (χ3v) is 5.29. The molecule has 0 aliphatic rings. The first kappa shape index (κ1) is 27.6. The molecule has 0 aromatic heterocycles. The highest BCUT2D eigenvalue weighted by molar-refractivity contribution is 6.20. The van der Waals surface area contributed by atoms with Crippen LogP contribution in [0.25, 0.3) is 0 Å². The lowest BCUT2D eigenvalue weighted by atomic mass is 9.99. The Balaban J connectivity index is 3.55. The van der Waals surface area contributed by atoms with Gasteiger partial charge in [0.25, 0.3) is 0 Å². The number of carbonyl (C=O) groups excluding carboxylic acids is 1. The first-order chi connectivity index (χ1) is 13.4. The fourth-order valence-corrected chi connectivity index (χ4v) is 3.20.